The smallest absolute Gasteiger partial charge is 0.363 e. The van der Waals surface area contributed by atoms with Crippen molar-refractivity contribution in [3.05, 3.63) is 83.0 Å². The molecule has 0 unspecified atom stereocenters. The van der Waals surface area contributed by atoms with Gasteiger partial charge in [-0.3, -0.25) is 4.79 Å². The summed E-state index contributed by atoms with van der Waals surface area (Å²) in [7, 11) is 0. The van der Waals surface area contributed by atoms with Crippen LogP contribution in [-0.4, -0.2) is 42.3 Å². The number of carbonyl (C=O) groups excluding carboxylic acids is 1. The minimum Gasteiger partial charge on any atom is -0.363 e. The summed E-state index contributed by atoms with van der Waals surface area (Å²) in [5, 5.41) is 6.55. The highest BCUT2D eigenvalue weighted by molar-refractivity contribution is 6.30. The third-order valence-corrected chi connectivity index (χ3v) is 7.90. The van der Waals surface area contributed by atoms with Crippen LogP contribution in [0.3, 0.4) is 0 Å². The maximum atomic E-state index is 14.3. The van der Waals surface area contributed by atoms with E-state index in [-0.39, 0.29) is 18.4 Å². The normalized spacial score (nSPS) is 23.3. The SMILES string of the molecule is CC1=NN(c2ccc(Cl)cc2)C(=O)[C@]12Cc1cc(C(F)(F)F)ccc1N1CCN(c3ccccn3)C[C@H]12. The summed E-state index contributed by atoms with van der Waals surface area (Å²) in [4.78, 5) is 23.0. The molecular formula is C27H23ClF3N5O. The molecule has 0 aliphatic carbocycles. The number of piperazine rings is 1. The minimum absolute atomic E-state index is 0.127. The summed E-state index contributed by atoms with van der Waals surface area (Å²) >= 11 is 6.05. The highest BCUT2D eigenvalue weighted by atomic mass is 35.5. The first-order valence-corrected chi connectivity index (χ1v) is 12.3. The Labute approximate surface area is 217 Å². The average molecular weight is 526 g/mol. The Balaban J connectivity index is 1.47. The Kier molecular flexibility index (Phi) is 5.45. The van der Waals surface area contributed by atoms with E-state index in [1.54, 1.807) is 37.4 Å². The van der Waals surface area contributed by atoms with Crippen molar-refractivity contribution >= 4 is 40.4 Å². The van der Waals surface area contributed by atoms with Crippen LogP contribution in [0, 0.1) is 5.41 Å². The molecule has 1 spiro atoms. The molecule has 1 aromatic heterocycles. The Morgan fingerprint density at radius 1 is 1.05 bits per heavy atom. The molecule has 1 saturated heterocycles. The molecule has 0 saturated carbocycles. The Hall–Kier alpha value is -3.59. The number of amides is 1. The van der Waals surface area contributed by atoms with Crippen LogP contribution in [0.5, 0.6) is 0 Å². The molecule has 37 heavy (non-hydrogen) atoms. The van der Waals surface area contributed by atoms with Crippen LogP contribution in [0.25, 0.3) is 0 Å². The van der Waals surface area contributed by atoms with E-state index in [1.165, 1.54) is 17.1 Å². The van der Waals surface area contributed by atoms with Gasteiger partial charge in [0.25, 0.3) is 5.91 Å². The zero-order chi connectivity index (χ0) is 25.9. The Bertz CT molecular complexity index is 1400. The summed E-state index contributed by atoms with van der Waals surface area (Å²) in [5.41, 5.74) is 0.511. The lowest BCUT2D eigenvalue weighted by Crippen LogP contribution is -2.67. The average Bonchev–Trinajstić information content (AvgIpc) is 3.14. The van der Waals surface area contributed by atoms with Crippen molar-refractivity contribution < 1.29 is 18.0 Å². The number of carbonyl (C=O) groups is 1. The van der Waals surface area contributed by atoms with Gasteiger partial charge in [-0.15, -0.1) is 0 Å². The fourth-order valence-corrected chi connectivity index (χ4v) is 5.94. The number of hydrogen-bond donors (Lipinski definition) is 0. The third kappa shape index (κ3) is 3.75. The number of anilines is 3. The summed E-state index contributed by atoms with van der Waals surface area (Å²) in [5.74, 6) is 0.540. The molecule has 1 fully saturated rings. The van der Waals surface area contributed by atoms with Crippen molar-refractivity contribution in [3.8, 4) is 0 Å². The predicted octanol–water partition coefficient (Wildman–Crippen LogP) is 5.41. The van der Waals surface area contributed by atoms with E-state index in [2.05, 4.69) is 19.9 Å². The van der Waals surface area contributed by atoms with Crippen LogP contribution in [-0.2, 0) is 17.4 Å². The van der Waals surface area contributed by atoms with Crippen LogP contribution in [0.15, 0.2) is 72.0 Å². The van der Waals surface area contributed by atoms with Gasteiger partial charge in [-0.05, 0) is 73.5 Å². The minimum atomic E-state index is -4.48. The van der Waals surface area contributed by atoms with Crippen LogP contribution in [0.4, 0.5) is 30.4 Å². The molecule has 1 amide bonds. The maximum Gasteiger partial charge on any atom is 0.416 e. The zero-order valence-electron chi connectivity index (χ0n) is 19.9. The molecule has 2 aromatic carbocycles. The van der Waals surface area contributed by atoms with Gasteiger partial charge >= 0.3 is 6.18 Å². The lowest BCUT2D eigenvalue weighted by atomic mass is 9.67. The second-order valence-electron chi connectivity index (χ2n) is 9.61. The summed E-state index contributed by atoms with van der Waals surface area (Å²) in [6.45, 7) is 3.42. The Morgan fingerprint density at radius 3 is 2.54 bits per heavy atom. The molecule has 3 aliphatic rings. The summed E-state index contributed by atoms with van der Waals surface area (Å²) < 4.78 is 40.9. The lowest BCUT2D eigenvalue weighted by Gasteiger charge is -2.53. The highest BCUT2D eigenvalue weighted by Gasteiger charge is 2.60. The van der Waals surface area contributed by atoms with Gasteiger partial charge in [0.2, 0.25) is 0 Å². The molecule has 10 heteroatoms. The van der Waals surface area contributed by atoms with E-state index >= 15 is 0 Å². The van der Waals surface area contributed by atoms with E-state index in [9.17, 15) is 18.0 Å². The standard InChI is InChI=1S/C27H23ClF3N5O/c1-17-26(25(37)36(33-17)21-8-6-20(28)7-9-21)15-18-14-19(27(29,30)31)5-10-22(18)35-13-12-34(16-23(26)35)24-4-2-3-11-32-24/h2-11,14,23H,12-13,15-16H2,1H3/t23-,26+/m0/s1. The molecule has 4 heterocycles. The van der Waals surface area contributed by atoms with Gasteiger partial charge in [-0.2, -0.15) is 23.3 Å². The predicted molar refractivity (Wildman–Crippen MR) is 137 cm³/mol. The van der Waals surface area contributed by atoms with Gasteiger partial charge in [0.15, 0.2) is 0 Å². The van der Waals surface area contributed by atoms with Gasteiger partial charge in [0, 0.05) is 36.5 Å². The van der Waals surface area contributed by atoms with E-state index in [0.29, 0.717) is 41.6 Å². The molecule has 6 nitrogen and oxygen atoms in total. The maximum absolute atomic E-state index is 14.3. The molecule has 0 N–H and O–H groups in total. The second-order valence-corrected chi connectivity index (χ2v) is 10.0. The number of nitrogens with zero attached hydrogens (tertiary/aromatic N) is 5. The van der Waals surface area contributed by atoms with Crippen LogP contribution >= 0.6 is 11.6 Å². The highest BCUT2D eigenvalue weighted by Crippen LogP contribution is 2.49. The lowest BCUT2D eigenvalue weighted by molar-refractivity contribution is -0.137. The molecular weight excluding hydrogens is 503 g/mol. The fraction of sp³-hybridized carbons (Fsp3) is 0.296. The molecule has 190 valence electrons. The van der Waals surface area contributed by atoms with Crippen molar-refractivity contribution in [3.63, 3.8) is 0 Å². The number of halogens is 4. The molecule has 2 atom stereocenters. The van der Waals surface area contributed by atoms with Crippen molar-refractivity contribution in [2.45, 2.75) is 25.6 Å². The summed E-state index contributed by atoms with van der Waals surface area (Å²) in [6.07, 6.45) is -2.63. The molecule has 0 bridgehead atoms. The number of alkyl halides is 3. The molecule has 3 aliphatic heterocycles. The van der Waals surface area contributed by atoms with Gasteiger partial charge in [0.1, 0.15) is 11.2 Å². The van der Waals surface area contributed by atoms with Gasteiger partial charge < -0.3 is 9.80 Å². The molecule has 3 aromatic rings. The Morgan fingerprint density at radius 2 is 1.84 bits per heavy atom. The van der Waals surface area contributed by atoms with Crippen molar-refractivity contribution in [2.75, 3.05) is 34.4 Å². The van der Waals surface area contributed by atoms with Crippen molar-refractivity contribution in [2.24, 2.45) is 10.5 Å². The van der Waals surface area contributed by atoms with Gasteiger partial charge in [0.05, 0.1) is 23.0 Å². The monoisotopic (exact) mass is 525 g/mol. The number of rotatable bonds is 2. The first kappa shape index (κ1) is 23.8. The van der Waals surface area contributed by atoms with Crippen molar-refractivity contribution in [1.82, 2.24) is 4.98 Å². The topological polar surface area (TPSA) is 52.0 Å². The number of benzene rings is 2. The number of hydrazone groups is 1. The second kappa shape index (κ2) is 8.48. The first-order valence-electron chi connectivity index (χ1n) is 12.0. The van der Waals surface area contributed by atoms with Gasteiger partial charge in [-0.25, -0.2) is 4.98 Å². The quantitative estimate of drug-likeness (QED) is 0.449. The fourth-order valence-electron chi connectivity index (χ4n) is 5.82. The van der Waals surface area contributed by atoms with Crippen LogP contribution in [0.1, 0.15) is 18.1 Å². The summed E-state index contributed by atoms with van der Waals surface area (Å²) in [6, 6.07) is 16.0. The number of pyridine rings is 1. The third-order valence-electron chi connectivity index (χ3n) is 7.65. The van der Waals surface area contributed by atoms with E-state index < -0.39 is 17.2 Å². The first-order chi connectivity index (χ1) is 17.7. The van der Waals surface area contributed by atoms with Crippen LogP contribution in [0.2, 0.25) is 5.02 Å². The van der Waals surface area contributed by atoms with Crippen LogP contribution < -0.4 is 14.8 Å². The van der Waals surface area contributed by atoms with E-state index in [0.717, 1.165) is 17.6 Å². The number of aromatic nitrogens is 1. The number of hydrogen-bond acceptors (Lipinski definition) is 5. The largest absolute Gasteiger partial charge is 0.416 e. The number of fused-ring (bicyclic) bond motifs is 4. The van der Waals surface area contributed by atoms with E-state index in [1.807, 2.05) is 18.2 Å². The van der Waals surface area contributed by atoms with E-state index in [4.69, 9.17) is 11.6 Å². The molecule has 6 rings (SSSR count). The molecule has 0 radical (unpaired) electrons. The van der Waals surface area contributed by atoms with Crippen molar-refractivity contribution in [1.29, 1.82) is 0 Å². The zero-order valence-corrected chi connectivity index (χ0v) is 20.7. The van der Waals surface area contributed by atoms with Gasteiger partial charge in [-0.1, -0.05) is 17.7 Å².